The number of nitro benzene ring substituents is 3. The van der Waals surface area contributed by atoms with Gasteiger partial charge in [-0.3, -0.25) is 40.0 Å². The Morgan fingerprint density at radius 1 is 0.618 bits per heavy atom. The van der Waals surface area contributed by atoms with Crippen molar-refractivity contribution in [2.45, 2.75) is 37.0 Å². The van der Waals surface area contributed by atoms with Gasteiger partial charge in [0.05, 0.1) is 14.8 Å². The van der Waals surface area contributed by atoms with Gasteiger partial charge in [-0.25, -0.2) is 14.4 Å². The average Bonchev–Trinajstić information content (AvgIpc) is 3.54. The maximum atomic E-state index is 14.4. The predicted molar refractivity (Wildman–Crippen MR) is 191 cm³/mol. The van der Waals surface area contributed by atoms with Crippen molar-refractivity contribution >= 4 is 53.9 Å². The molecule has 3 aromatic rings. The van der Waals surface area contributed by atoms with Gasteiger partial charge < -0.3 is 28.7 Å². The number of likely N-dealkylation sites (tertiary alicyclic amines) is 1. The summed E-state index contributed by atoms with van der Waals surface area (Å²) < 4.78 is 21.5. The number of rotatable bonds is 12. The Bertz CT molecular complexity index is 1920. The second kappa shape index (κ2) is 17.5. The largest absolute Gasteiger partial charge is 0.508 e. The highest BCUT2D eigenvalue weighted by atomic mass is 32.1. The number of benzene rings is 3. The third-order valence-electron chi connectivity index (χ3n) is 8.88. The van der Waals surface area contributed by atoms with E-state index in [4.69, 9.17) is 18.9 Å². The van der Waals surface area contributed by atoms with E-state index in [1.54, 1.807) is 0 Å². The summed E-state index contributed by atoms with van der Waals surface area (Å²) in [5.74, 6) is -0.613. The van der Waals surface area contributed by atoms with Crippen LogP contribution in [-0.2, 0) is 43.6 Å². The van der Waals surface area contributed by atoms with Crippen molar-refractivity contribution in [2.75, 3.05) is 39.3 Å². The summed E-state index contributed by atoms with van der Waals surface area (Å²) in [5.41, 5.74) is -0.859. The topological polar surface area (TPSA) is 244 Å². The van der Waals surface area contributed by atoms with Crippen LogP contribution in [0.3, 0.4) is 0 Å². The van der Waals surface area contributed by atoms with E-state index in [0.717, 1.165) is 4.90 Å². The van der Waals surface area contributed by atoms with Gasteiger partial charge in [0.25, 0.3) is 23.0 Å². The molecular weight excluding hydrogens is 748 g/mol. The molecule has 0 aromatic heterocycles. The Kier molecular flexibility index (Phi) is 12.7. The standard InChI is InChI=1S/C34H34N6O14S/c41-30(35-13-15-36(16-14-35)31(42)51-19-23-1-7-26(8-2-23)38(45)46)34(22-54-33(44)53-21-25-5-11-28(12-6-25)40(49)50)17-29(55)18-37(34)32(43)52-20-24-3-9-27(10-4-24)39(47)48/h1-12,29,55H,13-22H2/t29-,34-/m0/s1. The van der Waals surface area contributed by atoms with Crippen molar-refractivity contribution in [1.82, 2.24) is 14.7 Å². The fourth-order valence-corrected chi connectivity index (χ4v) is 6.42. The second-order valence-electron chi connectivity index (χ2n) is 12.5. The lowest BCUT2D eigenvalue weighted by molar-refractivity contribution is -0.385. The Labute approximate surface area is 317 Å². The summed E-state index contributed by atoms with van der Waals surface area (Å²) >= 11 is 4.55. The normalized spacial score (nSPS) is 17.9. The van der Waals surface area contributed by atoms with Crippen molar-refractivity contribution in [3.63, 3.8) is 0 Å². The maximum Gasteiger partial charge on any atom is 0.508 e. The third kappa shape index (κ3) is 9.93. The summed E-state index contributed by atoms with van der Waals surface area (Å²) in [5, 5.41) is 32.3. The van der Waals surface area contributed by atoms with Crippen molar-refractivity contribution in [2.24, 2.45) is 0 Å². The minimum absolute atomic E-state index is 0.0146. The number of carbonyl (C=O) groups excluding carboxylic acids is 4. The molecule has 290 valence electrons. The van der Waals surface area contributed by atoms with Crippen LogP contribution in [0.2, 0.25) is 0 Å². The molecule has 0 spiro atoms. The first-order valence-electron chi connectivity index (χ1n) is 16.6. The number of nitrogens with zero attached hydrogens (tertiary/aromatic N) is 6. The Hall–Kier alpha value is -6.51. The molecule has 2 aliphatic heterocycles. The van der Waals surface area contributed by atoms with E-state index in [0.29, 0.717) is 16.7 Å². The monoisotopic (exact) mass is 782 g/mol. The molecule has 5 rings (SSSR count). The molecule has 55 heavy (non-hydrogen) atoms. The zero-order valence-corrected chi connectivity index (χ0v) is 29.8. The molecule has 0 aliphatic carbocycles. The highest BCUT2D eigenvalue weighted by Crippen LogP contribution is 2.36. The van der Waals surface area contributed by atoms with Crippen LogP contribution in [0.5, 0.6) is 0 Å². The molecule has 2 atom stereocenters. The zero-order valence-electron chi connectivity index (χ0n) is 28.9. The first-order valence-corrected chi connectivity index (χ1v) is 17.1. The van der Waals surface area contributed by atoms with Gasteiger partial charge in [-0.05, 0) is 59.5 Å². The first-order chi connectivity index (χ1) is 26.2. The number of carbonyl (C=O) groups is 4. The third-order valence-corrected chi connectivity index (χ3v) is 9.22. The molecule has 2 fully saturated rings. The molecule has 0 N–H and O–H groups in total. The fraction of sp³-hybridized carbons (Fsp3) is 0.353. The SMILES string of the molecule is O=C(OCc1ccc([N+](=O)[O-])cc1)OC[C@]1(C(=O)N2CCN(C(=O)OCc3ccc([N+](=O)[O-])cc3)CC2)C[C@H](S)CN1C(=O)OCc1ccc([N+](=O)[O-])cc1. The Balaban J connectivity index is 1.26. The minimum Gasteiger partial charge on any atom is -0.445 e. The smallest absolute Gasteiger partial charge is 0.445 e. The summed E-state index contributed by atoms with van der Waals surface area (Å²) in [6.07, 6.45) is -2.87. The van der Waals surface area contributed by atoms with Crippen molar-refractivity contribution in [3.05, 3.63) is 120 Å². The molecule has 20 nitrogen and oxygen atoms in total. The van der Waals surface area contributed by atoms with Crippen LogP contribution in [0, 0.1) is 30.3 Å². The van der Waals surface area contributed by atoms with Gasteiger partial charge in [-0.1, -0.05) is 0 Å². The highest BCUT2D eigenvalue weighted by Gasteiger charge is 2.56. The van der Waals surface area contributed by atoms with E-state index in [1.807, 2.05) is 0 Å². The maximum absolute atomic E-state index is 14.4. The first kappa shape index (κ1) is 39.7. The number of thiol groups is 1. The molecule has 0 radical (unpaired) electrons. The Morgan fingerprint density at radius 3 is 1.45 bits per heavy atom. The van der Waals surface area contributed by atoms with Crippen LogP contribution < -0.4 is 0 Å². The molecule has 2 heterocycles. The summed E-state index contributed by atoms with van der Waals surface area (Å²) in [4.78, 5) is 88.7. The van der Waals surface area contributed by atoms with Gasteiger partial charge in [0, 0.05) is 74.4 Å². The van der Waals surface area contributed by atoms with Gasteiger partial charge in [-0.2, -0.15) is 12.6 Å². The number of ether oxygens (including phenoxy) is 4. The van der Waals surface area contributed by atoms with Gasteiger partial charge in [0.15, 0.2) is 5.54 Å². The molecule has 2 aliphatic rings. The van der Waals surface area contributed by atoms with E-state index in [9.17, 15) is 49.5 Å². The lowest BCUT2D eigenvalue weighted by Gasteiger charge is -2.42. The van der Waals surface area contributed by atoms with E-state index in [-0.39, 0.29) is 76.0 Å². The molecular formula is C34H34N6O14S. The summed E-state index contributed by atoms with van der Waals surface area (Å²) in [6.45, 7) is -1.36. The quantitative estimate of drug-likeness (QED) is 0.0866. The minimum atomic E-state index is -1.82. The average molecular weight is 783 g/mol. The number of hydrogen-bond acceptors (Lipinski definition) is 15. The van der Waals surface area contributed by atoms with Crippen molar-refractivity contribution < 1.29 is 52.9 Å². The highest BCUT2D eigenvalue weighted by molar-refractivity contribution is 7.81. The van der Waals surface area contributed by atoms with Crippen LogP contribution in [0.1, 0.15) is 23.1 Å². The van der Waals surface area contributed by atoms with Gasteiger partial charge in [0.2, 0.25) is 0 Å². The second-order valence-corrected chi connectivity index (χ2v) is 13.2. The summed E-state index contributed by atoms with van der Waals surface area (Å²) in [6, 6.07) is 16.1. The van der Waals surface area contributed by atoms with Crippen LogP contribution in [0.4, 0.5) is 31.4 Å². The molecule has 3 amide bonds. The van der Waals surface area contributed by atoms with Crippen molar-refractivity contribution in [3.8, 4) is 0 Å². The number of hydrogen-bond donors (Lipinski definition) is 1. The molecule has 0 unspecified atom stereocenters. The number of nitro groups is 3. The lowest BCUT2D eigenvalue weighted by atomic mass is 9.94. The predicted octanol–water partition coefficient (Wildman–Crippen LogP) is 4.63. The molecule has 0 bridgehead atoms. The lowest BCUT2D eigenvalue weighted by Crippen LogP contribution is -2.64. The van der Waals surface area contributed by atoms with Crippen LogP contribution in [0.25, 0.3) is 0 Å². The van der Waals surface area contributed by atoms with Crippen LogP contribution in [0.15, 0.2) is 72.8 Å². The van der Waals surface area contributed by atoms with E-state index < -0.39 is 56.4 Å². The number of piperazine rings is 1. The van der Waals surface area contributed by atoms with E-state index in [2.05, 4.69) is 12.6 Å². The molecule has 21 heteroatoms. The van der Waals surface area contributed by atoms with Gasteiger partial charge >= 0.3 is 18.3 Å². The zero-order chi connectivity index (χ0) is 39.7. The van der Waals surface area contributed by atoms with Gasteiger partial charge in [0.1, 0.15) is 26.4 Å². The van der Waals surface area contributed by atoms with E-state index in [1.165, 1.54) is 82.6 Å². The van der Waals surface area contributed by atoms with E-state index >= 15 is 0 Å². The van der Waals surface area contributed by atoms with Gasteiger partial charge in [-0.15, -0.1) is 0 Å². The van der Waals surface area contributed by atoms with Crippen LogP contribution >= 0.6 is 12.6 Å². The molecule has 3 aromatic carbocycles. The number of non-ortho nitro benzene ring substituents is 3. The number of amides is 3. The summed E-state index contributed by atoms with van der Waals surface area (Å²) in [7, 11) is 0. The molecule has 0 saturated carbocycles. The fourth-order valence-electron chi connectivity index (χ4n) is 5.95. The van der Waals surface area contributed by atoms with Crippen molar-refractivity contribution in [1.29, 1.82) is 0 Å². The molecule has 2 saturated heterocycles. The van der Waals surface area contributed by atoms with Crippen LogP contribution in [-0.4, -0.2) is 104 Å². The Morgan fingerprint density at radius 2 is 1.02 bits per heavy atom.